The van der Waals surface area contributed by atoms with Crippen LogP contribution in [0.2, 0.25) is 0 Å². The molecule has 1 aromatic heterocycles. The van der Waals surface area contributed by atoms with Crippen LogP contribution in [0.1, 0.15) is 29.2 Å². The van der Waals surface area contributed by atoms with Crippen LogP contribution in [0.25, 0.3) is 0 Å². The van der Waals surface area contributed by atoms with Crippen molar-refractivity contribution in [1.82, 2.24) is 14.7 Å². The van der Waals surface area contributed by atoms with Gasteiger partial charge in [-0.05, 0) is 29.5 Å². The van der Waals surface area contributed by atoms with Gasteiger partial charge in [-0.2, -0.15) is 10.4 Å². The van der Waals surface area contributed by atoms with Crippen LogP contribution in [0.4, 0.5) is 10.6 Å². The van der Waals surface area contributed by atoms with Crippen LogP contribution in [0.5, 0.6) is 0 Å². The predicted octanol–water partition coefficient (Wildman–Crippen LogP) is 4.17. The number of aromatic nitrogens is 2. The molecule has 6 nitrogen and oxygen atoms in total. The summed E-state index contributed by atoms with van der Waals surface area (Å²) in [4.78, 5) is 15.0. The standard InChI is InChI=1S/C23H23N5O/c24-13-6-14-27-15-12-22(26-27)25-23(29)28-16-11-19-9-4-5-10-20(19)21(28)17-18-7-2-1-3-8-18/h1-5,7-10,12,15,21H,6,11,14,16-17H2,(H,25,26,29)/t21-/m0/s1. The molecule has 146 valence electrons. The third-order valence-electron chi connectivity index (χ3n) is 5.27. The van der Waals surface area contributed by atoms with Gasteiger partial charge in [-0.3, -0.25) is 10.00 Å². The molecule has 0 radical (unpaired) electrons. The first-order valence-electron chi connectivity index (χ1n) is 9.84. The summed E-state index contributed by atoms with van der Waals surface area (Å²) in [6.45, 7) is 1.18. The summed E-state index contributed by atoms with van der Waals surface area (Å²) in [6, 6.07) is 22.3. The lowest BCUT2D eigenvalue weighted by atomic mass is 9.89. The normalized spacial score (nSPS) is 15.4. The second-order valence-corrected chi connectivity index (χ2v) is 7.15. The highest BCUT2D eigenvalue weighted by Crippen LogP contribution is 2.32. The summed E-state index contributed by atoms with van der Waals surface area (Å²) in [5.74, 6) is 0.505. The van der Waals surface area contributed by atoms with Crippen LogP contribution in [-0.2, 0) is 19.4 Å². The Bertz CT molecular complexity index is 1020. The zero-order valence-corrected chi connectivity index (χ0v) is 16.2. The van der Waals surface area contributed by atoms with E-state index in [2.05, 4.69) is 46.8 Å². The largest absolute Gasteiger partial charge is 0.323 e. The van der Waals surface area contributed by atoms with E-state index in [-0.39, 0.29) is 12.1 Å². The monoisotopic (exact) mass is 385 g/mol. The van der Waals surface area contributed by atoms with E-state index in [4.69, 9.17) is 5.26 Å². The summed E-state index contributed by atoms with van der Waals surface area (Å²) in [6.07, 6.45) is 3.77. The molecule has 3 aromatic rings. The van der Waals surface area contributed by atoms with Gasteiger partial charge in [0.05, 0.1) is 25.1 Å². The average molecular weight is 385 g/mol. The molecule has 4 rings (SSSR count). The zero-order valence-electron chi connectivity index (χ0n) is 16.2. The van der Waals surface area contributed by atoms with E-state index in [0.717, 1.165) is 12.8 Å². The third-order valence-corrected chi connectivity index (χ3v) is 5.27. The molecule has 2 heterocycles. The van der Waals surface area contributed by atoms with Crippen molar-refractivity contribution in [3.63, 3.8) is 0 Å². The van der Waals surface area contributed by atoms with Crippen molar-refractivity contribution in [2.75, 3.05) is 11.9 Å². The van der Waals surface area contributed by atoms with E-state index < -0.39 is 0 Å². The van der Waals surface area contributed by atoms with Crippen molar-refractivity contribution in [2.24, 2.45) is 0 Å². The van der Waals surface area contributed by atoms with Gasteiger partial charge in [0.1, 0.15) is 0 Å². The Morgan fingerprint density at radius 1 is 1.14 bits per heavy atom. The number of benzene rings is 2. The van der Waals surface area contributed by atoms with Gasteiger partial charge in [0.15, 0.2) is 5.82 Å². The number of amides is 2. The lowest BCUT2D eigenvalue weighted by Crippen LogP contribution is -2.43. The lowest BCUT2D eigenvalue weighted by molar-refractivity contribution is 0.182. The Kier molecular flexibility index (Phi) is 5.57. The number of hydrogen-bond donors (Lipinski definition) is 1. The van der Waals surface area contributed by atoms with E-state index in [1.807, 2.05) is 29.2 Å². The van der Waals surface area contributed by atoms with Gasteiger partial charge in [0.2, 0.25) is 0 Å². The molecular formula is C23H23N5O. The minimum atomic E-state index is -0.147. The summed E-state index contributed by atoms with van der Waals surface area (Å²) in [5, 5.41) is 16.0. The molecule has 1 N–H and O–H groups in total. The molecule has 0 bridgehead atoms. The van der Waals surface area contributed by atoms with Gasteiger partial charge in [-0.15, -0.1) is 0 Å². The van der Waals surface area contributed by atoms with Gasteiger partial charge in [0.25, 0.3) is 0 Å². The molecule has 1 atom stereocenters. The number of nitriles is 1. The SMILES string of the molecule is N#CCCn1ccc(NC(=O)N2CCc3ccccc3[C@@H]2Cc2ccccc2)n1. The van der Waals surface area contributed by atoms with E-state index in [0.29, 0.717) is 25.3 Å². The number of urea groups is 1. The highest BCUT2D eigenvalue weighted by atomic mass is 16.2. The van der Waals surface area contributed by atoms with E-state index in [9.17, 15) is 4.79 Å². The van der Waals surface area contributed by atoms with Crippen molar-refractivity contribution in [3.8, 4) is 6.07 Å². The van der Waals surface area contributed by atoms with Crippen LogP contribution < -0.4 is 5.32 Å². The first-order chi connectivity index (χ1) is 14.2. The van der Waals surface area contributed by atoms with Crippen molar-refractivity contribution < 1.29 is 4.79 Å². The fourth-order valence-electron chi connectivity index (χ4n) is 3.85. The molecule has 6 heteroatoms. The Morgan fingerprint density at radius 2 is 1.93 bits per heavy atom. The van der Waals surface area contributed by atoms with E-state index in [1.54, 1.807) is 16.9 Å². The number of hydrogen-bond acceptors (Lipinski definition) is 3. The maximum absolute atomic E-state index is 13.1. The van der Waals surface area contributed by atoms with Crippen LogP contribution in [0.15, 0.2) is 66.9 Å². The maximum Gasteiger partial charge on any atom is 0.323 e. The summed E-state index contributed by atoms with van der Waals surface area (Å²) < 4.78 is 1.67. The number of aryl methyl sites for hydroxylation is 1. The minimum absolute atomic E-state index is 0.0250. The van der Waals surface area contributed by atoms with Crippen molar-refractivity contribution >= 4 is 11.8 Å². The van der Waals surface area contributed by atoms with Crippen LogP contribution in [0.3, 0.4) is 0 Å². The van der Waals surface area contributed by atoms with E-state index in [1.165, 1.54) is 16.7 Å². The molecule has 0 saturated heterocycles. The third kappa shape index (κ3) is 4.30. The molecule has 2 aromatic carbocycles. The second kappa shape index (κ2) is 8.61. The maximum atomic E-state index is 13.1. The Labute approximate surface area is 170 Å². The number of anilines is 1. The number of fused-ring (bicyclic) bond motifs is 1. The van der Waals surface area contributed by atoms with Gasteiger partial charge >= 0.3 is 6.03 Å². The molecule has 0 unspecified atom stereocenters. The van der Waals surface area contributed by atoms with Gasteiger partial charge < -0.3 is 4.90 Å². The summed E-state index contributed by atoms with van der Waals surface area (Å²) >= 11 is 0. The van der Waals surface area contributed by atoms with Crippen molar-refractivity contribution in [2.45, 2.75) is 31.8 Å². The number of carbonyl (C=O) groups is 1. The first kappa shape index (κ1) is 18.8. The number of carbonyl (C=O) groups excluding carboxylic acids is 1. The number of nitrogens with zero attached hydrogens (tertiary/aromatic N) is 4. The Balaban J connectivity index is 1.55. The summed E-state index contributed by atoms with van der Waals surface area (Å²) in [7, 11) is 0. The fourth-order valence-corrected chi connectivity index (χ4v) is 3.85. The Hall–Kier alpha value is -3.59. The van der Waals surface area contributed by atoms with Gasteiger partial charge in [-0.25, -0.2) is 4.79 Å². The summed E-state index contributed by atoms with van der Waals surface area (Å²) in [5.41, 5.74) is 3.71. The van der Waals surface area contributed by atoms with Crippen LogP contribution in [-0.4, -0.2) is 27.3 Å². The molecule has 0 aliphatic carbocycles. The second-order valence-electron chi connectivity index (χ2n) is 7.15. The fraction of sp³-hybridized carbons (Fsp3) is 0.261. The zero-order chi connectivity index (χ0) is 20.1. The lowest BCUT2D eigenvalue weighted by Gasteiger charge is -2.37. The van der Waals surface area contributed by atoms with Gasteiger partial charge in [-0.1, -0.05) is 54.6 Å². The predicted molar refractivity (Wildman–Crippen MR) is 111 cm³/mol. The highest BCUT2D eigenvalue weighted by Gasteiger charge is 2.31. The molecule has 0 fully saturated rings. The molecular weight excluding hydrogens is 362 g/mol. The van der Waals surface area contributed by atoms with Gasteiger partial charge in [0, 0.05) is 18.8 Å². The molecule has 1 aliphatic heterocycles. The Morgan fingerprint density at radius 3 is 2.76 bits per heavy atom. The van der Waals surface area contributed by atoms with Crippen molar-refractivity contribution in [1.29, 1.82) is 5.26 Å². The van der Waals surface area contributed by atoms with Crippen molar-refractivity contribution in [3.05, 3.63) is 83.6 Å². The topological polar surface area (TPSA) is 74.0 Å². The van der Waals surface area contributed by atoms with E-state index >= 15 is 0 Å². The molecule has 0 saturated carbocycles. The molecule has 0 spiro atoms. The number of rotatable bonds is 5. The minimum Gasteiger partial charge on any atom is -0.317 e. The first-order valence-corrected chi connectivity index (χ1v) is 9.84. The molecule has 2 amide bonds. The molecule has 1 aliphatic rings. The molecule has 29 heavy (non-hydrogen) atoms. The van der Waals surface area contributed by atoms with Crippen LogP contribution in [0, 0.1) is 11.3 Å². The highest BCUT2D eigenvalue weighted by molar-refractivity contribution is 5.88. The smallest absolute Gasteiger partial charge is 0.317 e. The van der Waals surface area contributed by atoms with Crippen LogP contribution >= 0.6 is 0 Å². The number of nitrogens with one attached hydrogen (secondary N) is 1. The quantitative estimate of drug-likeness (QED) is 0.716. The average Bonchev–Trinajstić information content (AvgIpc) is 3.20.